The average Bonchev–Trinajstić information content (AvgIpc) is 2.37. The predicted molar refractivity (Wildman–Crippen MR) is 72.8 cm³/mol. The van der Waals surface area contributed by atoms with Crippen molar-refractivity contribution in [2.75, 3.05) is 11.4 Å². The molecule has 1 aliphatic heterocycles. The third-order valence-electron chi connectivity index (χ3n) is 3.68. The SMILES string of the molecule is Cc1nc(N2CCC(C)CC2C(=O)O)ccc1[N+](=O)[O-]. The summed E-state index contributed by atoms with van der Waals surface area (Å²) in [6.07, 6.45) is 1.45. The Kier molecular flexibility index (Phi) is 3.87. The summed E-state index contributed by atoms with van der Waals surface area (Å²) in [6, 6.07) is 2.29. The summed E-state index contributed by atoms with van der Waals surface area (Å²) >= 11 is 0. The molecule has 0 aliphatic carbocycles. The molecule has 0 amide bonds. The second-order valence-corrected chi connectivity index (χ2v) is 5.21. The first kappa shape index (κ1) is 14.2. The molecule has 1 fully saturated rings. The molecule has 7 heteroatoms. The molecule has 20 heavy (non-hydrogen) atoms. The Balaban J connectivity index is 2.32. The monoisotopic (exact) mass is 279 g/mol. The number of carbonyl (C=O) groups is 1. The van der Waals surface area contributed by atoms with E-state index in [9.17, 15) is 20.0 Å². The molecule has 1 aromatic rings. The van der Waals surface area contributed by atoms with Gasteiger partial charge in [0.15, 0.2) is 0 Å². The van der Waals surface area contributed by atoms with Gasteiger partial charge in [0.2, 0.25) is 0 Å². The van der Waals surface area contributed by atoms with Gasteiger partial charge in [-0.2, -0.15) is 0 Å². The van der Waals surface area contributed by atoms with Gasteiger partial charge in [-0.3, -0.25) is 10.1 Å². The first-order valence-electron chi connectivity index (χ1n) is 6.51. The van der Waals surface area contributed by atoms with E-state index in [1.54, 1.807) is 11.8 Å². The lowest BCUT2D eigenvalue weighted by Gasteiger charge is -2.36. The lowest BCUT2D eigenvalue weighted by atomic mass is 9.92. The number of hydrogen-bond donors (Lipinski definition) is 1. The number of nitro groups is 1. The molecule has 0 aromatic carbocycles. The molecule has 1 saturated heterocycles. The highest BCUT2D eigenvalue weighted by atomic mass is 16.6. The molecule has 1 aromatic heterocycles. The van der Waals surface area contributed by atoms with Crippen molar-refractivity contribution >= 4 is 17.5 Å². The average molecular weight is 279 g/mol. The molecule has 0 radical (unpaired) electrons. The molecule has 2 atom stereocenters. The van der Waals surface area contributed by atoms with Crippen molar-refractivity contribution < 1.29 is 14.8 Å². The van der Waals surface area contributed by atoms with Crippen LogP contribution in [0.5, 0.6) is 0 Å². The number of aliphatic carboxylic acids is 1. The number of anilines is 1. The van der Waals surface area contributed by atoms with Crippen LogP contribution in [0.15, 0.2) is 12.1 Å². The number of pyridine rings is 1. The molecule has 1 aliphatic rings. The van der Waals surface area contributed by atoms with Crippen molar-refractivity contribution in [1.29, 1.82) is 0 Å². The van der Waals surface area contributed by atoms with Crippen LogP contribution >= 0.6 is 0 Å². The van der Waals surface area contributed by atoms with E-state index in [4.69, 9.17) is 0 Å². The third-order valence-corrected chi connectivity index (χ3v) is 3.68. The van der Waals surface area contributed by atoms with Gasteiger partial charge in [-0.15, -0.1) is 0 Å². The van der Waals surface area contributed by atoms with Crippen molar-refractivity contribution in [2.45, 2.75) is 32.7 Å². The molecule has 0 spiro atoms. The smallest absolute Gasteiger partial charge is 0.326 e. The largest absolute Gasteiger partial charge is 0.480 e. The van der Waals surface area contributed by atoms with Crippen LogP contribution < -0.4 is 4.90 Å². The maximum absolute atomic E-state index is 11.4. The van der Waals surface area contributed by atoms with Gasteiger partial charge in [0.1, 0.15) is 17.6 Å². The standard InChI is InChI=1S/C13H17N3O4/c1-8-5-6-15(11(7-8)13(17)18)12-4-3-10(16(19)20)9(2)14-12/h3-4,8,11H,5-7H2,1-2H3,(H,17,18). The van der Waals surface area contributed by atoms with Crippen molar-refractivity contribution in [2.24, 2.45) is 5.92 Å². The van der Waals surface area contributed by atoms with Crippen molar-refractivity contribution in [3.05, 3.63) is 27.9 Å². The summed E-state index contributed by atoms with van der Waals surface area (Å²) in [5.74, 6) is -0.0340. The predicted octanol–water partition coefficient (Wildman–Crippen LogP) is 1.99. The molecule has 0 saturated carbocycles. The molecule has 2 rings (SSSR count). The number of hydrogen-bond acceptors (Lipinski definition) is 5. The Morgan fingerprint density at radius 3 is 2.80 bits per heavy atom. The summed E-state index contributed by atoms with van der Waals surface area (Å²) in [5.41, 5.74) is 0.251. The van der Waals surface area contributed by atoms with E-state index in [0.29, 0.717) is 30.4 Å². The van der Waals surface area contributed by atoms with Crippen molar-refractivity contribution in [3.63, 3.8) is 0 Å². The summed E-state index contributed by atoms with van der Waals surface area (Å²) in [6.45, 7) is 4.19. The highest BCUT2D eigenvalue weighted by molar-refractivity contribution is 5.78. The van der Waals surface area contributed by atoms with E-state index in [2.05, 4.69) is 4.98 Å². The summed E-state index contributed by atoms with van der Waals surface area (Å²) in [4.78, 5) is 27.6. The quantitative estimate of drug-likeness (QED) is 0.671. The number of rotatable bonds is 3. The fourth-order valence-electron chi connectivity index (χ4n) is 2.54. The zero-order valence-corrected chi connectivity index (χ0v) is 11.4. The Labute approximate surface area is 116 Å². The Hall–Kier alpha value is -2.18. The highest BCUT2D eigenvalue weighted by Crippen LogP contribution is 2.28. The lowest BCUT2D eigenvalue weighted by Crippen LogP contribution is -2.47. The molecule has 108 valence electrons. The number of carboxylic acid groups (broad SMARTS) is 1. The van der Waals surface area contributed by atoms with Crippen LogP contribution in [-0.2, 0) is 4.79 Å². The van der Waals surface area contributed by atoms with Gasteiger partial charge in [0.05, 0.1) is 4.92 Å². The van der Waals surface area contributed by atoms with Crippen molar-refractivity contribution in [1.82, 2.24) is 4.98 Å². The van der Waals surface area contributed by atoms with Crippen LogP contribution in [0.2, 0.25) is 0 Å². The maximum Gasteiger partial charge on any atom is 0.326 e. The van der Waals surface area contributed by atoms with Crippen LogP contribution in [0, 0.1) is 23.0 Å². The molecule has 0 bridgehead atoms. The van der Waals surface area contributed by atoms with Crippen LogP contribution in [0.25, 0.3) is 0 Å². The van der Waals surface area contributed by atoms with Gasteiger partial charge in [-0.1, -0.05) is 6.92 Å². The molecular weight excluding hydrogens is 262 g/mol. The normalized spacial score (nSPS) is 22.6. The molecule has 2 heterocycles. The van der Waals surface area contributed by atoms with E-state index in [0.717, 1.165) is 6.42 Å². The first-order chi connectivity index (χ1) is 9.40. The fraction of sp³-hybridized carbons (Fsp3) is 0.538. The highest BCUT2D eigenvalue weighted by Gasteiger charge is 2.33. The van der Waals surface area contributed by atoms with E-state index >= 15 is 0 Å². The number of carboxylic acids is 1. The molecule has 7 nitrogen and oxygen atoms in total. The van der Waals surface area contributed by atoms with Crippen LogP contribution in [-0.4, -0.2) is 33.6 Å². The van der Waals surface area contributed by atoms with Crippen LogP contribution in [0.3, 0.4) is 0 Å². The van der Waals surface area contributed by atoms with E-state index < -0.39 is 16.9 Å². The van der Waals surface area contributed by atoms with Crippen LogP contribution in [0.1, 0.15) is 25.5 Å². The van der Waals surface area contributed by atoms with E-state index in [-0.39, 0.29) is 5.69 Å². The topological polar surface area (TPSA) is 96.6 Å². The number of aromatic nitrogens is 1. The number of nitrogens with zero attached hydrogens (tertiary/aromatic N) is 3. The summed E-state index contributed by atoms with van der Waals surface area (Å²) < 4.78 is 0. The van der Waals surface area contributed by atoms with Gasteiger partial charge < -0.3 is 10.0 Å². The maximum atomic E-state index is 11.4. The minimum absolute atomic E-state index is 0.0500. The fourth-order valence-corrected chi connectivity index (χ4v) is 2.54. The van der Waals surface area contributed by atoms with Crippen LogP contribution in [0.4, 0.5) is 11.5 Å². The first-order valence-corrected chi connectivity index (χ1v) is 6.51. The second-order valence-electron chi connectivity index (χ2n) is 5.21. The minimum Gasteiger partial charge on any atom is -0.480 e. The summed E-state index contributed by atoms with van der Waals surface area (Å²) in [5, 5.41) is 20.1. The Bertz CT molecular complexity index is 546. The lowest BCUT2D eigenvalue weighted by molar-refractivity contribution is -0.385. The van der Waals surface area contributed by atoms with Gasteiger partial charge in [0, 0.05) is 12.6 Å². The number of aryl methyl sites for hydroxylation is 1. The zero-order chi connectivity index (χ0) is 14.9. The minimum atomic E-state index is -0.880. The molecule has 1 N–H and O–H groups in total. The van der Waals surface area contributed by atoms with Gasteiger partial charge >= 0.3 is 5.97 Å². The third kappa shape index (κ3) is 2.71. The van der Waals surface area contributed by atoms with Gasteiger partial charge in [0.25, 0.3) is 5.69 Å². The van der Waals surface area contributed by atoms with E-state index in [1.165, 1.54) is 12.1 Å². The number of piperidine rings is 1. The Morgan fingerprint density at radius 1 is 1.55 bits per heavy atom. The van der Waals surface area contributed by atoms with Gasteiger partial charge in [-0.25, -0.2) is 9.78 Å². The van der Waals surface area contributed by atoms with E-state index in [1.807, 2.05) is 6.92 Å². The molecular formula is C13H17N3O4. The van der Waals surface area contributed by atoms with Crippen molar-refractivity contribution in [3.8, 4) is 0 Å². The summed E-state index contributed by atoms with van der Waals surface area (Å²) in [7, 11) is 0. The zero-order valence-electron chi connectivity index (χ0n) is 11.4. The Morgan fingerprint density at radius 2 is 2.25 bits per heavy atom. The second kappa shape index (κ2) is 5.44. The molecule has 2 unspecified atom stereocenters. The van der Waals surface area contributed by atoms with Gasteiger partial charge in [-0.05, 0) is 31.7 Å².